The lowest BCUT2D eigenvalue weighted by Crippen LogP contribution is -2.36. The van der Waals surface area contributed by atoms with Crippen molar-refractivity contribution in [1.82, 2.24) is 0 Å². The van der Waals surface area contributed by atoms with Gasteiger partial charge in [0.1, 0.15) is 18.0 Å². The van der Waals surface area contributed by atoms with E-state index in [2.05, 4.69) is 0 Å². The summed E-state index contributed by atoms with van der Waals surface area (Å²) in [5, 5.41) is 9.42. The number of nitrogens with zero attached hydrogens (tertiary/aromatic N) is 1. The van der Waals surface area contributed by atoms with Crippen LogP contribution < -0.4 is 13.8 Å². The second kappa shape index (κ2) is 8.03. The zero-order valence-corrected chi connectivity index (χ0v) is 16.1. The van der Waals surface area contributed by atoms with Crippen LogP contribution in [0.4, 0.5) is 5.69 Å². The summed E-state index contributed by atoms with van der Waals surface area (Å²) in [6.07, 6.45) is 0. The van der Waals surface area contributed by atoms with E-state index in [1.54, 1.807) is 6.07 Å². The summed E-state index contributed by atoms with van der Waals surface area (Å²) < 4.78 is 37.1. The molecule has 0 heterocycles. The van der Waals surface area contributed by atoms with E-state index in [-0.39, 0.29) is 26.4 Å². The minimum atomic E-state index is -4.27. The van der Waals surface area contributed by atoms with Crippen molar-refractivity contribution in [1.29, 1.82) is 0 Å². The lowest BCUT2D eigenvalue weighted by atomic mass is 10.2. The van der Waals surface area contributed by atoms with Crippen LogP contribution in [0.15, 0.2) is 41.3 Å². The fourth-order valence-electron chi connectivity index (χ4n) is 2.18. The lowest BCUT2D eigenvalue weighted by molar-refractivity contribution is -0.135. The molecule has 0 aliphatic rings. The number of halogens is 2. The minimum absolute atomic E-state index is 0.0142. The van der Waals surface area contributed by atoms with Gasteiger partial charge in [-0.3, -0.25) is 9.10 Å². The number of hydrogen-bond acceptors (Lipinski definition) is 5. The van der Waals surface area contributed by atoms with Crippen molar-refractivity contribution in [3.8, 4) is 11.5 Å². The van der Waals surface area contributed by atoms with E-state index in [0.717, 1.165) is 6.07 Å². The van der Waals surface area contributed by atoms with E-state index in [0.29, 0.717) is 10.1 Å². The molecule has 0 saturated carbocycles. The van der Waals surface area contributed by atoms with Crippen molar-refractivity contribution in [2.45, 2.75) is 4.90 Å². The molecule has 2 aromatic rings. The van der Waals surface area contributed by atoms with Gasteiger partial charge in [0, 0.05) is 6.07 Å². The quantitative estimate of drug-likeness (QED) is 0.739. The normalized spacial score (nSPS) is 11.1. The summed E-state index contributed by atoms with van der Waals surface area (Å²) in [6, 6.07) is 8.13. The van der Waals surface area contributed by atoms with E-state index in [4.69, 9.17) is 32.7 Å². The molecule has 0 fully saturated rings. The maximum atomic E-state index is 13.1. The number of methoxy groups -OCH3 is 2. The number of rotatable bonds is 7. The van der Waals surface area contributed by atoms with Gasteiger partial charge in [-0.05, 0) is 30.3 Å². The first-order valence-electron chi connectivity index (χ1n) is 7.12. The van der Waals surface area contributed by atoms with Gasteiger partial charge in [-0.15, -0.1) is 0 Å². The van der Waals surface area contributed by atoms with Gasteiger partial charge in [0.05, 0.1) is 34.8 Å². The largest absolute Gasteiger partial charge is 0.497 e. The highest BCUT2D eigenvalue weighted by Crippen LogP contribution is 2.36. The highest BCUT2D eigenvalue weighted by molar-refractivity contribution is 7.92. The van der Waals surface area contributed by atoms with Crippen LogP contribution >= 0.6 is 23.2 Å². The number of ether oxygens (including phenoxy) is 2. The Labute approximate surface area is 160 Å². The Bertz CT molecular complexity index is 932. The van der Waals surface area contributed by atoms with Gasteiger partial charge in [0.25, 0.3) is 10.0 Å². The van der Waals surface area contributed by atoms with Crippen molar-refractivity contribution >= 4 is 44.9 Å². The summed E-state index contributed by atoms with van der Waals surface area (Å²) in [5.74, 6) is -0.852. The second-order valence-corrected chi connectivity index (χ2v) is 7.70. The van der Waals surface area contributed by atoms with Crippen molar-refractivity contribution in [3.63, 3.8) is 0 Å². The monoisotopic (exact) mass is 419 g/mol. The van der Waals surface area contributed by atoms with Crippen LogP contribution in [0.1, 0.15) is 0 Å². The molecule has 2 rings (SSSR count). The van der Waals surface area contributed by atoms with Crippen LogP contribution in [-0.2, 0) is 14.8 Å². The number of benzene rings is 2. The highest BCUT2D eigenvalue weighted by Gasteiger charge is 2.30. The van der Waals surface area contributed by atoms with Crippen LogP contribution in [0, 0.1) is 0 Å². The number of carbonyl (C=O) groups is 1. The summed E-state index contributed by atoms with van der Waals surface area (Å²) in [7, 11) is -1.53. The third-order valence-corrected chi connectivity index (χ3v) is 5.91. The zero-order valence-electron chi connectivity index (χ0n) is 13.8. The first-order chi connectivity index (χ1) is 12.2. The molecule has 0 spiro atoms. The van der Waals surface area contributed by atoms with Crippen LogP contribution in [0.5, 0.6) is 11.5 Å². The average Bonchev–Trinajstić information content (AvgIpc) is 2.61. The molecule has 0 radical (unpaired) electrons. The molecule has 0 saturated heterocycles. The first kappa shape index (κ1) is 20.2. The molecular formula is C16H15Cl2NO6S. The fraction of sp³-hybridized carbons (Fsp3) is 0.188. The molecular weight excluding hydrogens is 405 g/mol. The Morgan fingerprint density at radius 2 is 1.77 bits per heavy atom. The molecule has 0 bridgehead atoms. The maximum absolute atomic E-state index is 13.1. The standard InChI is InChI=1S/C16H15Cl2NO6S/c1-24-10-3-6-15(25-2)14(7-10)19(9-16(20)21)26(22,23)11-4-5-12(17)13(18)8-11/h3-8H,9H2,1-2H3,(H,20,21). The fourth-order valence-corrected chi connectivity index (χ4v) is 3.98. The third kappa shape index (κ3) is 4.14. The molecule has 0 amide bonds. The predicted octanol–water partition coefficient (Wildman–Crippen LogP) is 3.29. The molecule has 2 aromatic carbocycles. The Hall–Kier alpha value is -2.16. The van der Waals surface area contributed by atoms with E-state index in [1.165, 1.54) is 38.5 Å². The Kier molecular flexibility index (Phi) is 6.22. The molecule has 0 atom stereocenters. The second-order valence-electron chi connectivity index (χ2n) is 5.02. The van der Waals surface area contributed by atoms with Crippen LogP contribution in [0.3, 0.4) is 0 Å². The molecule has 0 unspecified atom stereocenters. The molecule has 140 valence electrons. The SMILES string of the molecule is COc1ccc(OC)c(N(CC(=O)O)S(=O)(=O)c2ccc(Cl)c(Cl)c2)c1. The summed E-state index contributed by atoms with van der Waals surface area (Å²) >= 11 is 11.7. The van der Waals surface area contributed by atoms with E-state index >= 15 is 0 Å². The third-order valence-electron chi connectivity index (χ3n) is 3.41. The van der Waals surface area contributed by atoms with Gasteiger partial charge in [-0.2, -0.15) is 0 Å². The van der Waals surface area contributed by atoms with Gasteiger partial charge in [-0.1, -0.05) is 23.2 Å². The number of sulfonamides is 1. The minimum Gasteiger partial charge on any atom is -0.497 e. The molecule has 0 aromatic heterocycles. The molecule has 26 heavy (non-hydrogen) atoms. The van der Waals surface area contributed by atoms with Gasteiger partial charge in [-0.25, -0.2) is 8.42 Å². The van der Waals surface area contributed by atoms with Crippen molar-refractivity contribution in [2.24, 2.45) is 0 Å². The van der Waals surface area contributed by atoms with Gasteiger partial charge >= 0.3 is 5.97 Å². The van der Waals surface area contributed by atoms with Gasteiger partial charge in [0.2, 0.25) is 0 Å². The van der Waals surface area contributed by atoms with Crippen LogP contribution in [0.25, 0.3) is 0 Å². The Balaban J connectivity index is 2.67. The highest BCUT2D eigenvalue weighted by atomic mass is 35.5. The molecule has 7 nitrogen and oxygen atoms in total. The number of anilines is 1. The molecule has 0 aliphatic heterocycles. The topological polar surface area (TPSA) is 93.1 Å². The van der Waals surface area contributed by atoms with Crippen molar-refractivity contribution < 1.29 is 27.8 Å². The van der Waals surface area contributed by atoms with Crippen LogP contribution in [0.2, 0.25) is 10.0 Å². The van der Waals surface area contributed by atoms with E-state index < -0.39 is 22.5 Å². The first-order valence-corrected chi connectivity index (χ1v) is 9.32. The number of aliphatic carboxylic acids is 1. The number of carboxylic acids is 1. The summed E-state index contributed by atoms with van der Waals surface area (Å²) in [4.78, 5) is 11.1. The zero-order chi connectivity index (χ0) is 19.5. The van der Waals surface area contributed by atoms with Crippen molar-refractivity contribution in [2.75, 3.05) is 25.1 Å². The molecule has 10 heteroatoms. The van der Waals surface area contributed by atoms with Gasteiger partial charge in [0.15, 0.2) is 0 Å². The van der Waals surface area contributed by atoms with E-state index in [9.17, 15) is 18.3 Å². The van der Waals surface area contributed by atoms with Crippen LogP contribution in [-0.4, -0.2) is 40.3 Å². The Morgan fingerprint density at radius 3 is 2.31 bits per heavy atom. The lowest BCUT2D eigenvalue weighted by Gasteiger charge is -2.25. The van der Waals surface area contributed by atoms with Gasteiger partial charge < -0.3 is 14.6 Å². The number of hydrogen-bond donors (Lipinski definition) is 1. The summed E-state index contributed by atoms with van der Waals surface area (Å²) in [5.41, 5.74) is 0.0142. The molecule has 1 N–H and O–H groups in total. The summed E-state index contributed by atoms with van der Waals surface area (Å²) in [6.45, 7) is -0.827. The maximum Gasteiger partial charge on any atom is 0.324 e. The Morgan fingerprint density at radius 1 is 1.08 bits per heavy atom. The van der Waals surface area contributed by atoms with Crippen molar-refractivity contribution in [3.05, 3.63) is 46.4 Å². The molecule has 0 aliphatic carbocycles. The average molecular weight is 420 g/mol. The smallest absolute Gasteiger partial charge is 0.324 e. The van der Waals surface area contributed by atoms with E-state index in [1.807, 2.05) is 0 Å². The predicted molar refractivity (Wildman–Crippen MR) is 98.2 cm³/mol. The number of carboxylic acid groups (broad SMARTS) is 1.